The van der Waals surface area contributed by atoms with Crippen LogP contribution in [-0.4, -0.2) is 35.9 Å². The van der Waals surface area contributed by atoms with Crippen molar-refractivity contribution in [3.8, 4) is 0 Å². The van der Waals surface area contributed by atoms with Crippen LogP contribution in [0.1, 0.15) is 24.0 Å². The number of hydrogen-bond acceptors (Lipinski definition) is 4. The number of piperidine rings is 1. The molecule has 9 heteroatoms. The van der Waals surface area contributed by atoms with Gasteiger partial charge in [-0.15, -0.1) is 0 Å². The fourth-order valence-electron chi connectivity index (χ4n) is 3.09. The third-order valence-corrected chi connectivity index (χ3v) is 6.52. The molecule has 0 bridgehead atoms. The summed E-state index contributed by atoms with van der Waals surface area (Å²) in [6, 6.07) is 7.48. The normalized spacial score (nSPS) is 18.6. The van der Waals surface area contributed by atoms with Gasteiger partial charge in [0.2, 0.25) is 10.0 Å². The van der Waals surface area contributed by atoms with Gasteiger partial charge in [-0.1, -0.05) is 18.2 Å². The van der Waals surface area contributed by atoms with E-state index < -0.39 is 32.3 Å². The Morgan fingerprint density at radius 1 is 1.08 bits per heavy atom. The van der Waals surface area contributed by atoms with Gasteiger partial charge >= 0.3 is 6.18 Å². The fourth-order valence-corrected chi connectivity index (χ4v) is 4.74. The van der Waals surface area contributed by atoms with Crippen LogP contribution < -0.4 is 0 Å². The highest BCUT2D eigenvalue weighted by molar-refractivity contribution is 7.89. The van der Waals surface area contributed by atoms with Gasteiger partial charge in [-0.2, -0.15) is 17.5 Å². The van der Waals surface area contributed by atoms with E-state index in [4.69, 9.17) is 0 Å². The van der Waals surface area contributed by atoms with E-state index in [9.17, 15) is 26.7 Å². The second-order valence-electron chi connectivity index (χ2n) is 6.17. The molecule has 1 aromatic carbocycles. The number of pyridine rings is 1. The Bertz CT molecular complexity index is 878. The summed E-state index contributed by atoms with van der Waals surface area (Å²) < 4.78 is 65.9. The lowest BCUT2D eigenvalue weighted by molar-refractivity contribution is -0.140. The largest absolute Gasteiger partial charge is 0.417 e. The van der Waals surface area contributed by atoms with Crippen LogP contribution in [0, 0.1) is 0 Å². The maximum absolute atomic E-state index is 13.2. The number of rotatable bonds is 3. The number of benzene rings is 1. The summed E-state index contributed by atoms with van der Waals surface area (Å²) in [6.07, 6.45) is -1.56. The molecule has 1 aliphatic rings. The van der Waals surface area contributed by atoms with E-state index in [1.807, 2.05) is 0 Å². The molecule has 2 heterocycles. The summed E-state index contributed by atoms with van der Waals surface area (Å²) >= 11 is 0. The molecule has 0 radical (unpaired) electrons. The van der Waals surface area contributed by atoms with Crippen molar-refractivity contribution in [1.29, 1.82) is 0 Å². The van der Waals surface area contributed by atoms with E-state index in [1.165, 1.54) is 12.3 Å². The van der Waals surface area contributed by atoms with E-state index in [2.05, 4.69) is 4.98 Å². The summed E-state index contributed by atoms with van der Waals surface area (Å²) in [4.78, 5) is 3.18. The highest BCUT2D eigenvalue weighted by Crippen LogP contribution is 2.38. The summed E-state index contributed by atoms with van der Waals surface area (Å²) in [7, 11) is -4.32. The Hall–Kier alpha value is -1.97. The molecule has 1 N–H and O–H groups in total. The Labute approximate surface area is 149 Å². The van der Waals surface area contributed by atoms with Crippen LogP contribution in [0.25, 0.3) is 0 Å². The Morgan fingerprint density at radius 3 is 2.31 bits per heavy atom. The maximum Gasteiger partial charge on any atom is 0.417 e. The zero-order valence-electron chi connectivity index (χ0n) is 13.6. The van der Waals surface area contributed by atoms with Crippen molar-refractivity contribution in [2.24, 2.45) is 0 Å². The second-order valence-corrected chi connectivity index (χ2v) is 8.08. The first-order valence-electron chi connectivity index (χ1n) is 7.94. The monoisotopic (exact) mass is 386 g/mol. The number of alkyl halides is 3. The zero-order valence-corrected chi connectivity index (χ0v) is 14.5. The lowest BCUT2D eigenvalue weighted by Crippen LogP contribution is -2.45. The molecule has 0 spiro atoms. The average Bonchev–Trinajstić information content (AvgIpc) is 2.62. The predicted molar refractivity (Wildman–Crippen MR) is 87.6 cm³/mol. The van der Waals surface area contributed by atoms with Crippen LogP contribution in [0.5, 0.6) is 0 Å². The molecular weight excluding hydrogens is 369 g/mol. The van der Waals surface area contributed by atoms with Gasteiger partial charge in [0.25, 0.3) is 0 Å². The molecule has 1 aromatic heterocycles. The summed E-state index contributed by atoms with van der Waals surface area (Å²) in [5.41, 5.74) is -1.87. The first-order valence-corrected chi connectivity index (χ1v) is 9.38. The SMILES string of the molecule is O=S(=O)(c1ccccc1C(F)(F)F)N1CCC(O)(c2cccnc2)CC1. The Balaban J connectivity index is 1.86. The quantitative estimate of drug-likeness (QED) is 0.881. The van der Waals surface area contributed by atoms with Gasteiger partial charge < -0.3 is 5.11 Å². The molecular formula is C17H17F3N2O3S. The van der Waals surface area contributed by atoms with Crippen molar-refractivity contribution in [3.05, 3.63) is 59.9 Å². The summed E-state index contributed by atoms with van der Waals surface area (Å²) in [5.74, 6) is 0. The molecule has 3 rings (SSSR count). The van der Waals surface area contributed by atoms with E-state index >= 15 is 0 Å². The molecule has 0 atom stereocenters. The molecule has 5 nitrogen and oxygen atoms in total. The van der Waals surface area contributed by atoms with Crippen LogP contribution in [0.3, 0.4) is 0 Å². The highest BCUT2D eigenvalue weighted by Gasteiger charge is 2.42. The summed E-state index contributed by atoms with van der Waals surface area (Å²) in [5, 5.41) is 10.7. The third kappa shape index (κ3) is 3.46. The fraction of sp³-hybridized carbons (Fsp3) is 0.353. The van der Waals surface area contributed by atoms with Crippen LogP contribution in [0.15, 0.2) is 53.7 Å². The standard InChI is InChI=1S/C17H17F3N2O3S/c18-17(19,20)14-5-1-2-6-15(14)26(24,25)22-10-7-16(23,8-11-22)13-4-3-9-21-12-13/h1-6,9,12,23H,7-8,10-11H2. The Kier molecular flexibility index (Phi) is 4.80. The molecule has 0 saturated carbocycles. The average molecular weight is 386 g/mol. The van der Waals surface area contributed by atoms with Crippen molar-refractivity contribution < 1.29 is 26.7 Å². The predicted octanol–water partition coefficient (Wildman–Crippen LogP) is 2.77. The van der Waals surface area contributed by atoms with Gasteiger partial charge in [-0.3, -0.25) is 4.98 Å². The summed E-state index contributed by atoms with van der Waals surface area (Å²) in [6.45, 7) is -0.167. The number of aliphatic hydroxyl groups is 1. The molecule has 0 amide bonds. The number of nitrogens with zero attached hydrogens (tertiary/aromatic N) is 2. The van der Waals surface area contributed by atoms with Gasteiger partial charge in [0.1, 0.15) is 0 Å². The second kappa shape index (κ2) is 6.64. The van der Waals surface area contributed by atoms with E-state index in [0.717, 1.165) is 22.5 Å². The van der Waals surface area contributed by atoms with Crippen LogP contribution in [0.4, 0.5) is 13.2 Å². The minimum atomic E-state index is -4.77. The molecule has 1 saturated heterocycles. The van der Waals surface area contributed by atoms with Crippen molar-refractivity contribution in [2.75, 3.05) is 13.1 Å². The lowest BCUT2D eigenvalue weighted by Gasteiger charge is -2.37. The first-order chi connectivity index (χ1) is 12.1. The highest BCUT2D eigenvalue weighted by atomic mass is 32.2. The minimum Gasteiger partial charge on any atom is -0.385 e. The third-order valence-electron chi connectivity index (χ3n) is 4.56. The van der Waals surface area contributed by atoms with Crippen molar-refractivity contribution in [2.45, 2.75) is 29.5 Å². The minimum absolute atomic E-state index is 0.0755. The number of aromatic nitrogens is 1. The van der Waals surface area contributed by atoms with Gasteiger partial charge in [-0.25, -0.2) is 8.42 Å². The lowest BCUT2D eigenvalue weighted by atomic mass is 9.86. The molecule has 0 unspecified atom stereocenters. The molecule has 1 aliphatic heterocycles. The van der Waals surface area contributed by atoms with E-state index in [-0.39, 0.29) is 25.9 Å². The van der Waals surface area contributed by atoms with E-state index in [1.54, 1.807) is 18.3 Å². The number of sulfonamides is 1. The first kappa shape index (κ1) is 18.8. The van der Waals surface area contributed by atoms with Gasteiger partial charge in [0.05, 0.1) is 16.1 Å². The van der Waals surface area contributed by atoms with Crippen molar-refractivity contribution >= 4 is 10.0 Å². The van der Waals surface area contributed by atoms with Gasteiger partial charge in [0.15, 0.2) is 0 Å². The zero-order chi connectivity index (χ0) is 19.0. The molecule has 140 valence electrons. The van der Waals surface area contributed by atoms with Crippen LogP contribution in [-0.2, 0) is 21.8 Å². The van der Waals surface area contributed by atoms with Crippen LogP contribution in [0.2, 0.25) is 0 Å². The van der Waals surface area contributed by atoms with Gasteiger partial charge in [-0.05, 0) is 31.0 Å². The smallest absolute Gasteiger partial charge is 0.385 e. The van der Waals surface area contributed by atoms with E-state index in [0.29, 0.717) is 5.56 Å². The van der Waals surface area contributed by atoms with Gasteiger partial charge in [0, 0.05) is 31.0 Å². The molecule has 2 aromatic rings. The Morgan fingerprint density at radius 2 is 1.73 bits per heavy atom. The van der Waals surface area contributed by atoms with Crippen molar-refractivity contribution in [3.63, 3.8) is 0 Å². The number of hydrogen-bond donors (Lipinski definition) is 1. The van der Waals surface area contributed by atoms with Crippen molar-refractivity contribution in [1.82, 2.24) is 9.29 Å². The topological polar surface area (TPSA) is 70.5 Å². The number of halogens is 3. The molecule has 0 aliphatic carbocycles. The molecule has 26 heavy (non-hydrogen) atoms. The van der Waals surface area contributed by atoms with Crippen LogP contribution >= 0.6 is 0 Å². The maximum atomic E-state index is 13.2. The molecule has 1 fully saturated rings.